The number of likely N-dealkylation sites (tertiary alicyclic amines) is 1. The van der Waals surface area contributed by atoms with Gasteiger partial charge in [0.2, 0.25) is 11.8 Å². The maximum absolute atomic E-state index is 12.1. The number of carbonyl (C=O) groups is 2. The highest BCUT2D eigenvalue weighted by atomic mass is 16.3. The molecule has 0 spiro atoms. The Morgan fingerprint density at radius 2 is 2.15 bits per heavy atom. The Kier molecular flexibility index (Phi) is 4.74. The summed E-state index contributed by atoms with van der Waals surface area (Å²) in [6.45, 7) is 0.339. The van der Waals surface area contributed by atoms with Crippen molar-refractivity contribution in [3.8, 4) is 0 Å². The average molecular weight is 276 g/mol. The molecule has 1 aliphatic rings. The second-order valence-electron chi connectivity index (χ2n) is 5.25. The number of carbonyl (C=O) groups excluding carboxylic acids is 2. The predicted octanol–water partition coefficient (Wildman–Crippen LogP) is 0.185. The second-order valence-corrected chi connectivity index (χ2v) is 5.25. The molecule has 2 amide bonds. The van der Waals surface area contributed by atoms with E-state index in [1.807, 2.05) is 30.3 Å². The molecule has 0 bridgehead atoms. The van der Waals surface area contributed by atoms with Crippen molar-refractivity contribution in [3.05, 3.63) is 35.9 Å². The number of aliphatic hydroxyl groups is 1. The minimum Gasteiger partial charge on any atom is -0.394 e. The van der Waals surface area contributed by atoms with Crippen LogP contribution in [0.15, 0.2) is 30.3 Å². The van der Waals surface area contributed by atoms with Gasteiger partial charge in [-0.05, 0) is 12.0 Å². The van der Waals surface area contributed by atoms with Gasteiger partial charge in [0.25, 0.3) is 0 Å². The van der Waals surface area contributed by atoms with Crippen LogP contribution in [0.1, 0.15) is 12.0 Å². The SMILES string of the molecule is CN1CC(C(=O)N[C@@H](CO)Cc2ccccc2)CC1=O. The molecule has 2 atom stereocenters. The third-order valence-electron chi connectivity index (χ3n) is 3.60. The Balaban J connectivity index is 1.90. The molecular formula is C15H20N2O3. The van der Waals surface area contributed by atoms with Crippen LogP contribution in [0.3, 0.4) is 0 Å². The molecule has 2 rings (SSSR count). The maximum Gasteiger partial charge on any atom is 0.225 e. The Labute approximate surface area is 118 Å². The number of rotatable bonds is 5. The van der Waals surface area contributed by atoms with Crippen LogP contribution in [0, 0.1) is 5.92 Å². The molecule has 1 heterocycles. The minimum atomic E-state index is -0.314. The zero-order valence-corrected chi connectivity index (χ0v) is 11.6. The smallest absolute Gasteiger partial charge is 0.225 e. The average Bonchev–Trinajstić information content (AvgIpc) is 2.79. The highest BCUT2D eigenvalue weighted by Gasteiger charge is 2.32. The number of hydrogen-bond donors (Lipinski definition) is 2. The van der Waals surface area contributed by atoms with Crippen LogP contribution in [0.4, 0.5) is 0 Å². The first-order valence-electron chi connectivity index (χ1n) is 6.79. The van der Waals surface area contributed by atoms with E-state index in [1.54, 1.807) is 11.9 Å². The first-order chi connectivity index (χ1) is 9.60. The van der Waals surface area contributed by atoms with Gasteiger partial charge in [-0.1, -0.05) is 30.3 Å². The third-order valence-corrected chi connectivity index (χ3v) is 3.60. The van der Waals surface area contributed by atoms with Gasteiger partial charge in [0.1, 0.15) is 0 Å². The molecule has 5 heteroatoms. The molecule has 1 aromatic rings. The summed E-state index contributed by atoms with van der Waals surface area (Å²) in [5.74, 6) is -0.469. The Morgan fingerprint density at radius 3 is 2.70 bits per heavy atom. The van der Waals surface area contributed by atoms with Crippen molar-refractivity contribution in [1.82, 2.24) is 10.2 Å². The van der Waals surface area contributed by atoms with Crippen LogP contribution in [0.2, 0.25) is 0 Å². The molecule has 1 fully saturated rings. The van der Waals surface area contributed by atoms with E-state index < -0.39 is 0 Å². The van der Waals surface area contributed by atoms with Crippen LogP contribution in [-0.2, 0) is 16.0 Å². The molecule has 2 N–H and O–H groups in total. The third kappa shape index (κ3) is 3.57. The van der Waals surface area contributed by atoms with E-state index in [4.69, 9.17) is 0 Å². The number of nitrogens with zero attached hydrogens (tertiary/aromatic N) is 1. The minimum absolute atomic E-state index is 0.00578. The summed E-state index contributed by atoms with van der Waals surface area (Å²) in [6.07, 6.45) is 0.839. The number of hydrogen-bond acceptors (Lipinski definition) is 3. The zero-order chi connectivity index (χ0) is 14.5. The van der Waals surface area contributed by atoms with Gasteiger partial charge in [-0.25, -0.2) is 0 Å². The summed E-state index contributed by atoms with van der Waals surface area (Å²) in [6, 6.07) is 9.39. The zero-order valence-electron chi connectivity index (χ0n) is 11.6. The summed E-state index contributed by atoms with van der Waals surface area (Å²) in [5.41, 5.74) is 1.06. The van der Waals surface area contributed by atoms with Crippen molar-refractivity contribution in [2.24, 2.45) is 5.92 Å². The summed E-state index contributed by atoms with van der Waals surface area (Å²) >= 11 is 0. The lowest BCUT2D eigenvalue weighted by molar-refractivity contribution is -0.128. The molecule has 0 saturated carbocycles. The fourth-order valence-electron chi connectivity index (χ4n) is 2.42. The van der Waals surface area contributed by atoms with E-state index >= 15 is 0 Å². The Morgan fingerprint density at radius 1 is 1.45 bits per heavy atom. The quantitative estimate of drug-likeness (QED) is 0.806. The van der Waals surface area contributed by atoms with Gasteiger partial charge in [-0.3, -0.25) is 9.59 Å². The van der Waals surface area contributed by atoms with Gasteiger partial charge in [-0.2, -0.15) is 0 Å². The fraction of sp³-hybridized carbons (Fsp3) is 0.467. The highest BCUT2D eigenvalue weighted by Crippen LogP contribution is 2.16. The van der Waals surface area contributed by atoms with Crippen LogP contribution >= 0.6 is 0 Å². The summed E-state index contributed by atoms with van der Waals surface area (Å²) in [7, 11) is 1.70. The van der Waals surface area contributed by atoms with Crippen molar-refractivity contribution in [2.45, 2.75) is 18.9 Å². The van der Waals surface area contributed by atoms with Crippen LogP contribution in [0.25, 0.3) is 0 Å². The van der Waals surface area contributed by atoms with Crippen molar-refractivity contribution in [3.63, 3.8) is 0 Å². The van der Waals surface area contributed by atoms with Gasteiger partial charge in [0, 0.05) is 20.0 Å². The van der Waals surface area contributed by atoms with E-state index in [0.29, 0.717) is 13.0 Å². The molecule has 108 valence electrons. The van der Waals surface area contributed by atoms with Gasteiger partial charge >= 0.3 is 0 Å². The number of benzene rings is 1. The molecule has 0 aliphatic carbocycles. The molecule has 1 unspecified atom stereocenters. The standard InChI is InChI=1S/C15H20N2O3/c1-17-9-12(8-14(17)19)15(20)16-13(10-18)7-11-5-3-2-4-6-11/h2-6,12-13,18H,7-10H2,1H3,(H,16,20)/t12?,13-/m1/s1. The largest absolute Gasteiger partial charge is 0.394 e. The number of amides is 2. The lowest BCUT2D eigenvalue weighted by Crippen LogP contribution is -2.42. The van der Waals surface area contributed by atoms with E-state index in [0.717, 1.165) is 5.56 Å². The molecule has 1 aromatic carbocycles. The normalized spacial score (nSPS) is 20.0. The topological polar surface area (TPSA) is 69.6 Å². The van der Waals surface area contributed by atoms with Crippen molar-refractivity contribution >= 4 is 11.8 Å². The molecule has 20 heavy (non-hydrogen) atoms. The lowest BCUT2D eigenvalue weighted by Gasteiger charge is -2.18. The van der Waals surface area contributed by atoms with E-state index in [-0.39, 0.29) is 36.8 Å². The number of aliphatic hydroxyl groups excluding tert-OH is 1. The monoisotopic (exact) mass is 276 g/mol. The lowest BCUT2D eigenvalue weighted by atomic mass is 10.0. The van der Waals surface area contributed by atoms with Crippen molar-refractivity contribution < 1.29 is 14.7 Å². The van der Waals surface area contributed by atoms with Crippen molar-refractivity contribution in [1.29, 1.82) is 0 Å². The summed E-state index contributed by atoms with van der Waals surface area (Å²) in [4.78, 5) is 25.1. The highest BCUT2D eigenvalue weighted by molar-refractivity contribution is 5.89. The fourth-order valence-corrected chi connectivity index (χ4v) is 2.42. The van der Waals surface area contributed by atoms with Crippen molar-refractivity contribution in [2.75, 3.05) is 20.2 Å². The molecule has 1 saturated heterocycles. The molecular weight excluding hydrogens is 256 g/mol. The molecule has 0 aromatic heterocycles. The summed E-state index contributed by atoms with van der Waals surface area (Å²) in [5, 5.41) is 12.2. The van der Waals surface area contributed by atoms with Crippen LogP contribution in [-0.4, -0.2) is 48.1 Å². The van der Waals surface area contributed by atoms with Gasteiger partial charge in [-0.15, -0.1) is 0 Å². The number of nitrogens with one attached hydrogen (secondary N) is 1. The summed E-state index contributed by atoms with van der Waals surface area (Å²) < 4.78 is 0. The first-order valence-corrected chi connectivity index (χ1v) is 6.79. The Hall–Kier alpha value is -1.88. The van der Waals surface area contributed by atoms with E-state index in [9.17, 15) is 14.7 Å². The first kappa shape index (κ1) is 14.5. The van der Waals surface area contributed by atoms with E-state index in [2.05, 4.69) is 5.32 Å². The van der Waals surface area contributed by atoms with Gasteiger partial charge in [0.05, 0.1) is 18.6 Å². The predicted molar refractivity (Wildman–Crippen MR) is 74.9 cm³/mol. The molecule has 0 radical (unpaired) electrons. The van der Waals surface area contributed by atoms with Gasteiger partial charge in [0.15, 0.2) is 0 Å². The Bertz CT molecular complexity index is 475. The molecule has 1 aliphatic heterocycles. The van der Waals surface area contributed by atoms with Crippen LogP contribution < -0.4 is 5.32 Å². The van der Waals surface area contributed by atoms with Gasteiger partial charge < -0.3 is 15.3 Å². The molecule has 5 nitrogen and oxygen atoms in total. The van der Waals surface area contributed by atoms with E-state index in [1.165, 1.54) is 0 Å². The maximum atomic E-state index is 12.1. The van der Waals surface area contributed by atoms with Crippen LogP contribution in [0.5, 0.6) is 0 Å². The second kappa shape index (κ2) is 6.52.